The van der Waals surface area contributed by atoms with Crippen LogP contribution in [-0.2, 0) is 15.9 Å². The second-order valence-corrected chi connectivity index (χ2v) is 5.06. The highest BCUT2D eigenvalue weighted by Gasteiger charge is 2.25. The largest absolute Gasteiger partial charge is 0.350 e. The number of hydrogen-bond acceptors (Lipinski definition) is 2. The van der Waals surface area contributed by atoms with E-state index in [-0.39, 0.29) is 6.29 Å². The van der Waals surface area contributed by atoms with Crippen LogP contribution in [0.5, 0.6) is 0 Å². The molecule has 1 heterocycles. The van der Waals surface area contributed by atoms with Crippen molar-refractivity contribution in [2.45, 2.75) is 57.8 Å². The summed E-state index contributed by atoms with van der Waals surface area (Å²) >= 11 is 0. The molecule has 1 saturated heterocycles. The van der Waals surface area contributed by atoms with E-state index in [0.29, 0.717) is 6.10 Å². The summed E-state index contributed by atoms with van der Waals surface area (Å²) < 4.78 is 11.6. The van der Waals surface area contributed by atoms with Crippen molar-refractivity contribution in [1.82, 2.24) is 0 Å². The number of benzene rings is 1. The number of hydrogen-bond donors (Lipinski definition) is 0. The smallest absolute Gasteiger partial charge is 0.162 e. The molecule has 0 aromatic heterocycles. The summed E-state index contributed by atoms with van der Waals surface area (Å²) in [5.41, 5.74) is 1.29. The van der Waals surface area contributed by atoms with Gasteiger partial charge in [0.05, 0.1) is 12.7 Å². The van der Waals surface area contributed by atoms with Crippen LogP contribution < -0.4 is 0 Å². The summed E-state index contributed by atoms with van der Waals surface area (Å²) in [5, 5.41) is 0. The van der Waals surface area contributed by atoms with Gasteiger partial charge in [-0.2, -0.15) is 0 Å². The Bertz CT molecular complexity index is 323. The van der Waals surface area contributed by atoms with Crippen molar-refractivity contribution in [3.63, 3.8) is 0 Å². The van der Waals surface area contributed by atoms with Gasteiger partial charge in [0.2, 0.25) is 0 Å². The van der Waals surface area contributed by atoms with Crippen LogP contribution in [0.3, 0.4) is 0 Å². The minimum atomic E-state index is -0.0384. The van der Waals surface area contributed by atoms with E-state index >= 15 is 0 Å². The second-order valence-electron chi connectivity index (χ2n) is 5.06. The van der Waals surface area contributed by atoms with Crippen LogP contribution in [0.4, 0.5) is 0 Å². The van der Waals surface area contributed by atoms with E-state index in [1.165, 1.54) is 31.2 Å². The zero-order valence-corrected chi connectivity index (χ0v) is 11.3. The average Bonchev–Trinajstić information content (AvgIpc) is 2.84. The lowest BCUT2D eigenvalue weighted by atomic mass is 10.1. The Kier molecular flexibility index (Phi) is 5.69. The monoisotopic (exact) mass is 248 g/mol. The summed E-state index contributed by atoms with van der Waals surface area (Å²) in [5.74, 6) is 0. The third-order valence-electron chi connectivity index (χ3n) is 3.44. The van der Waals surface area contributed by atoms with Crippen molar-refractivity contribution in [1.29, 1.82) is 0 Å². The van der Waals surface area contributed by atoms with E-state index in [1.807, 2.05) is 6.07 Å². The van der Waals surface area contributed by atoms with E-state index in [0.717, 1.165) is 19.4 Å². The topological polar surface area (TPSA) is 18.5 Å². The zero-order valence-electron chi connectivity index (χ0n) is 11.3. The molecule has 1 aliphatic heterocycles. The third kappa shape index (κ3) is 4.43. The Labute approximate surface area is 110 Å². The predicted molar refractivity (Wildman–Crippen MR) is 73.5 cm³/mol. The van der Waals surface area contributed by atoms with Crippen LogP contribution in [0.1, 0.15) is 44.6 Å². The molecule has 0 aliphatic carbocycles. The van der Waals surface area contributed by atoms with Gasteiger partial charge in [-0.25, -0.2) is 0 Å². The lowest BCUT2D eigenvalue weighted by molar-refractivity contribution is -0.0570. The first-order valence-electron chi connectivity index (χ1n) is 7.19. The predicted octanol–water partition coefficient (Wildman–Crippen LogP) is 3.94. The molecule has 2 rings (SSSR count). The number of unbranched alkanes of at least 4 members (excludes halogenated alkanes) is 3. The van der Waals surface area contributed by atoms with E-state index in [1.54, 1.807) is 0 Å². The van der Waals surface area contributed by atoms with Gasteiger partial charge in [-0.1, -0.05) is 62.9 Å². The van der Waals surface area contributed by atoms with Gasteiger partial charge < -0.3 is 9.47 Å². The van der Waals surface area contributed by atoms with Crippen molar-refractivity contribution in [2.24, 2.45) is 0 Å². The fraction of sp³-hybridized carbons (Fsp3) is 0.625. The highest BCUT2D eigenvalue weighted by atomic mass is 16.7. The molecule has 1 aromatic carbocycles. The van der Waals surface area contributed by atoms with Gasteiger partial charge in [-0.3, -0.25) is 0 Å². The highest BCUT2D eigenvalue weighted by Crippen LogP contribution is 2.20. The molecule has 1 fully saturated rings. The molecule has 2 nitrogen and oxygen atoms in total. The molecule has 1 aliphatic rings. The van der Waals surface area contributed by atoms with Crippen LogP contribution in [0.15, 0.2) is 30.3 Å². The van der Waals surface area contributed by atoms with Crippen molar-refractivity contribution < 1.29 is 9.47 Å². The maximum Gasteiger partial charge on any atom is 0.162 e. The van der Waals surface area contributed by atoms with Crippen LogP contribution in [0.2, 0.25) is 0 Å². The lowest BCUT2D eigenvalue weighted by Crippen LogP contribution is -2.14. The minimum Gasteiger partial charge on any atom is -0.350 e. The first-order valence-corrected chi connectivity index (χ1v) is 7.19. The standard InChI is InChI=1S/C16H24O2/c1-2-3-4-8-11-15-13-17-16(18-15)12-14-9-6-5-7-10-14/h5-7,9-10,15-16H,2-4,8,11-13H2,1H3/t15-,16?/m0/s1. The third-order valence-corrected chi connectivity index (χ3v) is 3.44. The van der Waals surface area contributed by atoms with Gasteiger partial charge in [0.25, 0.3) is 0 Å². The number of rotatable bonds is 7. The van der Waals surface area contributed by atoms with E-state index in [9.17, 15) is 0 Å². The normalized spacial score (nSPS) is 23.4. The molecule has 18 heavy (non-hydrogen) atoms. The van der Waals surface area contributed by atoms with Gasteiger partial charge >= 0.3 is 0 Å². The van der Waals surface area contributed by atoms with Crippen molar-refractivity contribution >= 4 is 0 Å². The summed E-state index contributed by atoms with van der Waals surface area (Å²) in [7, 11) is 0. The SMILES string of the molecule is CCCCCC[C@H]1COC(Cc2ccccc2)O1. The molecule has 2 atom stereocenters. The summed E-state index contributed by atoms with van der Waals surface area (Å²) in [4.78, 5) is 0. The van der Waals surface area contributed by atoms with Crippen LogP contribution in [0, 0.1) is 0 Å². The minimum absolute atomic E-state index is 0.0384. The Balaban J connectivity index is 1.65. The molecular weight excluding hydrogens is 224 g/mol. The Morgan fingerprint density at radius 1 is 1.11 bits per heavy atom. The molecule has 2 heteroatoms. The van der Waals surface area contributed by atoms with Gasteiger partial charge in [0.15, 0.2) is 6.29 Å². The van der Waals surface area contributed by atoms with Crippen molar-refractivity contribution in [3.05, 3.63) is 35.9 Å². The zero-order chi connectivity index (χ0) is 12.6. The molecule has 0 spiro atoms. The number of ether oxygens (including phenoxy) is 2. The molecule has 0 radical (unpaired) electrons. The van der Waals surface area contributed by atoms with Gasteiger partial charge in [0.1, 0.15) is 0 Å². The van der Waals surface area contributed by atoms with E-state index in [4.69, 9.17) is 9.47 Å². The second kappa shape index (κ2) is 7.55. The maximum absolute atomic E-state index is 5.92. The molecule has 1 aromatic rings. The van der Waals surface area contributed by atoms with Crippen LogP contribution >= 0.6 is 0 Å². The fourth-order valence-corrected chi connectivity index (χ4v) is 2.37. The van der Waals surface area contributed by atoms with Crippen LogP contribution in [0.25, 0.3) is 0 Å². The Hall–Kier alpha value is -0.860. The molecule has 0 bridgehead atoms. The molecular formula is C16H24O2. The van der Waals surface area contributed by atoms with Crippen LogP contribution in [-0.4, -0.2) is 19.0 Å². The van der Waals surface area contributed by atoms with E-state index < -0.39 is 0 Å². The maximum atomic E-state index is 5.92. The Morgan fingerprint density at radius 3 is 2.72 bits per heavy atom. The molecule has 100 valence electrons. The van der Waals surface area contributed by atoms with Crippen molar-refractivity contribution in [2.75, 3.05) is 6.61 Å². The molecule has 1 unspecified atom stereocenters. The highest BCUT2D eigenvalue weighted by molar-refractivity contribution is 5.15. The van der Waals surface area contributed by atoms with Crippen molar-refractivity contribution in [3.8, 4) is 0 Å². The van der Waals surface area contributed by atoms with Gasteiger partial charge in [-0.15, -0.1) is 0 Å². The average molecular weight is 248 g/mol. The first-order chi connectivity index (χ1) is 8.88. The molecule has 0 saturated carbocycles. The lowest BCUT2D eigenvalue weighted by Gasteiger charge is -2.11. The summed E-state index contributed by atoms with van der Waals surface area (Å²) in [6, 6.07) is 10.4. The first kappa shape index (κ1) is 13.6. The molecule has 0 N–H and O–H groups in total. The summed E-state index contributed by atoms with van der Waals surface area (Å²) in [6.45, 7) is 3.01. The fourth-order valence-electron chi connectivity index (χ4n) is 2.37. The van der Waals surface area contributed by atoms with Gasteiger partial charge in [0, 0.05) is 6.42 Å². The Morgan fingerprint density at radius 2 is 1.94 bits per heavy atom. The quantitative estimate of drug-likeness (QED) is 0.680. The molecule has 0 amide bonds. The van der Waals surface area contributed by atoms with Gasteiger partial charge in [-0.05, 0) is 12.0 Å². The van der Waals surface area contributed by atoms with E-state index in [2.05, 4.69) is 31.2 Å². The summed E-state index contributed by atoms with van der Waals surface area (Å²) in [6.07, 6.45) is 7.50.